The second-order valence-corrected chi connectivity index (χ2v) is 3.76. The van der Waals surface area contributed by atoms with E-state index in [0.29, 0.717) is 0 Å². The molecule has 0 unspecified atom stereocenters. The summed E-state index contributed by atoms with van der Waals surface area (Å²) in [6.07, 6.45) is 0.266. The molecule has 0 saturated heterocycles. The molecule has 0 heterocycles. The van der Waals surface area contributed by atoms with E-state index in [1.807, 2.05) is 0 Å². The highest BCUT2D eigenvalue weighted by molar-refractivity contribution is 6.47. The minimum atomic E-state index is -1.97. The van der Waals surface area contributed by atoms with E-state index in [-0.39, 0.29) is 6.42 Å². The highest BCUT2D eigenvalue weighted by Crippen LogP contribution is 2.27. The third kappa shape index (κ3) is 6.73. The van der Waals surface area contributed by atoms with Crippen LogP contribution in [-0.4, -0.2) is 14.8 Å². The molecule has 0 aromatic rings. The van der Waals surface area contributed by atoms with E-state index in [4.69, 9.17) is 23.2 Å². The summed E-state index contributed by atoms with van der Waals surface area (Å²) in [6, 6.07) is 0.809. The van der Waals surface area contributed by atoms with Crippen LogP contribution in [0.25, 0.3) is 0 Å². The topological polar surface area (TPSA) is 0 Å². The van der Waals surface area contributed by atoms with Gasteiger partial charge in [0.25, 0.3) is 4.59 Å². The number of rotatable bonds is 2. The van der Waals surface area contributed by atoms with Gasteiger partial charge in [-0.15, -0.1) is 0 Å². The molecule has 0 aliphatic heterocycles. The van der Waals surface area contributed by atoms with Crippen molar-refractivity contribution in [3.8, 4) is 0 Å². The summed E-state index contributed by atoms with van der Waals surface area (Å²) in [5.41, 5.74) is 0. The predicted molar refractivity (Wildman–Crippen MR) is 34.9 cm³/mol. The van der Waals surface area contributed by atoms with Crippen molar-refractivity contribution < 1.29 is 4.39 Å². The minimum Gasteiger partial charge on any atom is -0.208 e. The van der Waals surface area contributed by atoms with Gasteiger partial charge in [-0.2, -0.15) is 0 Å². The van der Waals surface area contributed by atoms with Crippen molar-refractivity contribution in [2.45, 2.75) is 17.1 Å². The van der Waals surface area contributed by atoms with Gasteiger partial charge >= 0.3 is 0 Å². The first kappa shape index (κ1) is 7.73. The van der Waals surface area contributed by atoms with Gasteiger partial charge in [-0.05, 0) is 0 Å². The van der Waals surface area contributed by atoms with Gasteiger partial charge < -0.3 is 0 Å². The molecule has 0 fully saturated rings. The Kier molecular flexibility index (Phi) is 3.20. The molecule has 0 aliphatic rings. The lowest BCUT2D eigenvalue weighted by molar-refractivity contribution is 0.383. The number of hydrogen-bond acceptors (Lipinski definition) is 0. The van der Waals surface area contributed by atoms with Crippen molar-refractivity contribution in [2.24, 2.45) is 0 Å². The van der Waals surface area contributed by atoms with Gasteiger partial charge in [-0.3, -0.25) is 0 Å². The van der Waals surface area contributed by atoms with Crippen LogP contribution in [0.2, 0.25) is 6.04 Å². The Labute approximate surface area is 55.4 Å². The van der Waals surface area contributed by atoms with Gasteiger partial charge in [-0.1, -0.05) is 29.2 Å². The molecule has 0 radical (unpaired) electrons. The Morgan fingerprint density at radius 1 is 1.57 bits per heavy atom. The van der Waals surface area contributed by atoms with Crippen LogP contribution in [0.1, 0.15) is 6.42 Å². The van der Waals surface area contributed by atoms with Gasteiger partial charge in [0.1, 0.15) is 0 Å². The van der Waals surface area contributed by atoms with Gasteiger partial charge in [0.05, 0.1) is 0 Å². The Balaban J connectivity index is 3.15. The van der Waals surface area contributed by atoms with Gasteiger partial charge in [0.15, 0.2) is 0 Å². The Bertz CT molecular complexity index is 51.4. The van der Waals surface area contributed by atoms with Crippen molar-refractivity contribution in [3.05, 3.63) is 0 Å². The van der Waals surface area contributed by atoms with Crippen LogP contribution in [-0.2, 0) is 0 Å². The maximum absolute atomic E-state index is 11.9. The summed E-state index contributed by atoms with van der Waals surface area (Å²) >= 11 is 9.91. The second kappa shape index (κ2) is 2.90. The molecule has 4 heteroatoms. The van der Waals surface area contributed by atoms with E-state index in [2.05, 4.69) is 0 Å². The van der Waals surface area contributed by atoms with E-state index < -0.39 is 4.59 Å². The highest BCUT2D eigenvalue weighted by atomic mass is 35.5. The van der Waals surface area contributed by atoms with Crippen LogP contribution < -0.4 is 0 Å². The van der Waals surface area contributed by atoms with Crippen LogP contribution in [0.15, 0.2) is 0 Å². The fourth-order valence-corrected chi connectivity index (χ4v) is 1.98. The third-order valence-electron chi connectivity index (χ3n) is 0.533. The molecule has 0 nitrogen and oxygen atoms in total. The van der Waals surface area contributed by atoms with E-state index in [1.54, 1.807) is 0 Å². The number of hydrogen-bond donors (Lipinski definition) is 0. The summed E-state index contributed by atoms with van der Waals surface area (Å²) in [6.45, 7) is 0. The average molecular weight is 161 g/mol. The van der Waals surface area contributed by atoms with Gasteiger partial charge in [-0.25, -0.2) is 4.39 Å². The fourth-order valence-electron chi connectivity index (χ4n) is 0.283. The maximum atomic E-state index is 11.9. The number of alkyl halides is 3. The molecule has 0 spiro atoms. The first-order valence-electron chi connectivity index (χ1n) is 2.13. The molecule has 0 aromatic heterocycles. The van der Waals surface area contributed by atoms with E-state index >= 15 is 0 Å². The van der Waals surface area contributed by atoms with Gasteiger partial charge in [0.2, 0.25) is 0 Å². The first-order chi connectivity index (χ1) is 3.06. The first-order valence-corrected chi connectivity index (χ1v) is 4.30. The number of halogens is 3. The maximum Gasteiger partial charge on any atom is 0.256 e. The highest BCUT2D eigenvalue weighted by Gasteiger charge is 2.19. The summed E-state index contributed by atoms with van der Waals surface area (Å²) < 4.78 is 9.97. The molecule has 0 aromatic carbocycles. The standard InChI is InChI=1S/C3H7Cl2FSi/c4-3(5,6)1-2-7/h1-2H2,7H3. The molecule has 0 N–H and O–H groups in total. The van der Waals surface area contributed by atoms with Crippen molar-refractivity contribution in [2.75, 3.05) is 0 Å². The van der Waals surface area contributed by atoms with Gasteiger partial charge in [0, 0.05) is 16.7 Å². The average Bonchev–Trinajstić information content (AvgIpc) is 1.30. The monoisotopic (exact) mass is 160 g/mol. The summed E-state index contributed by atoms with van der Waals surface area (Å²) in [5.74, 6) is 0. The zero-order valence-corrected chi connectivity index (χ0v) is 7.56. The summed E-state index contributed by atoms with van der Waals surface area (Å²) in [4.78, 5) is 0. The normalized spacial score (nSPS) is 12.4. The Hall–Kier alpha value is 0.727. The smallest absolute Gasteiger partial charge is 0.208 e. The molecule has 0 atom stereocenters. The lowest BCUT2D eigenvalue weighted by atomic mass is 10.5. The third-order valence-corrected chi connectivity index (χ3v) is 1.41. The van der Waals surface area contributed by atoms with Crippen LogP contribution >= 0.6 is 23.2 Å². The van der Waals surface area contributed by atoms with Crippen molar-refractivity contribution in [1.29, 1.82) is 0 Å². The molecule has 0 aliphatic carbocycles. The van der Waals surface area contributed by atoms with Crippen molar-refractivity contribution in [3.63, 3.8) is 0 Å². The van der Waals surface area contributed by atoms with Crippen LogP contribution in [0.4, 0.5) is 4.39 Å². The minimum absolute atomic E-state index is 0.266. The molecule has 7 heavy (non-hydrogen) atoms. The second-order valence-electron chi connectivity index (χ2n) is 1.37. The molecule has 0 rings (SSSR count). The lowest BCUT2D eigenvalue weighted by Gasteiger charge is -2.03. The predicted octanol–water partition coefficient (Wildman–Crippen LogP) is 1.26. The molecule has 0 saturated carbocycles. The van der Waals surface area contributed by atoms with Crippen molar-refractivity contribution >= 4 is 33.4 Å². The fraction of sp³-hybridized carbons (Fsp3) is 1.00. The van der Waals surface area contributed by atoms with Crippen LogP contribution in [0.5, 0.6) is 0 Å². The SMILES string of the molecule is FC(Cl)(Cl)CC[SiH3]. The molecular weight excluding hydrogens is 154 g/mol. The van der Waals surface area contributed by atoms with E-state index in [9.17, 15) is 4.39 Å². The summed E-state index contributed by atoms with van der Waals surface area (Å²) in [5, 5.41) is 0. The summed E-state index contributed by atoms with van der Waals surface area (Å²) in [7, 11) is 0.961. The quantitative estimate of drug-likeness (QED) is 0.422. The Morgan fingerprint density at radius 3 is 2.00 bits per heavy atom. The van der Waals surface area contributed by atoms with Crippen LogP contribution in [0, 0.1) is 0 Å². The zero-order chi connectivity index (χ0) is 5.91. The van der Waals surface area contributed by atoms with E-state index in [0.717, 1.165) is 16.3 Å². The molecular formula is C3H7Cl2FSi. The Morgan fingerprint density at radius 2 is 2.00 bits per heavy atom. The largest absolute Gasteiger partial charge is 0.256 e. The molecule has 44 valence electrons. The lowest BCUT2D eigenvalue weighted by Crippen LogP contribution is -2.01. The van der Waals surface area contributed by atoms with Crippen LogP contribution in [0.3, 0.4) is 0 Å². The zero-order valence-electron chi connectivity index (χ0n) is 4.05. The van der Waals surface area contributed by atoms with Crippen molar-refractivity contribution in [1.82, 2.24) is 0 Å². The molecule has 0 bridgehead atoms. The van der Waals surface area contributed by atoms with E-state index in [1.165, 1.54) is 0 Å². The molecule has 0 amide bonds.